The average molecular weight is 275 g/mol. The highest BCUT2D eigenvalue weighted by Gasteiger charge is 2.05. The van der Waals surface area contributed by atoms with Crippen LogP contribution in [0.3, 0.4) is 0 Å². The Morgan fingerprint density at radius 1 is 1.30 bits per heavy atom. The third-order valence-corrected chi connectivity index (χ3v) is 2.32. The molecule has 9 heteroatoms. The summed E-state index contributed by atoms with van der Waals surface area (Å²) >= 11 is 0. The van der Waals surface area contributed by atoms with Crippen LogP contribution in [0, 0.1) is 0 Å². The van der Waals surface area contributed by atoms with Crippen LogP contribution in [0.1, 0.15) is 0 Å². The van der Waals surface area contributed by atoms with Crippen molar-refractivity contribution in [1.29, 1.82) is 0 Å². The van der Waals surface area contributed by atoms with E-state index in [9.17, 15) is 9.59 Å². The first kappa shape index (κ1) is 13.6. The van der Waals surface area contributed by atoms with E-state index in [1.807, 2.05) is 0 Å². The van der Waals surface area contributed by atoms with Crippen LogP contribution in [0.25, 0.3) is 5.82 Å². The zero-order valence-corrected chi connectivity index (χ0v) is 10.5. The molecule has 0 spiro atoms. The van der Waals surface area contributed by atoms with Gasteiger partial charge < -0.3 is 16.4 Å². The van der Waals surface area contributed by atoms with Gasteiger partial charge in [0.2, 0.25) is 11.8 Å². The molecule has 0 aliphatic carbocycles. The molecule has 2 amide bonds. The highest BCUT2D eigenvalue weighted by Crippen LogP contribution is 2.08. The lowest BCUT2D eigenvalue weighted by Gasteiger charge is -2.06. The van der Waals surface area contributed by atoms with Gasteiger partial charge in [-0.3, -0.25) is 9.59 Å². The number of pyridine rings is 1. The van der Waals surface area contributed by atoms with Gasteiger partial charge in [-0.2, -0.15) is 5.10 Å². The normalized spacial score (nSPS) is 10.1. The molecule has 20 heavy (non-hydrogen) atoms. The summed E-state index contributed by atoms with van der Waals surface area (Å²) in [5.41, 5.74) is 5.62. The van der Waals surface area contributed by atoms with Gasteiger partial charge in [0.1, 0.15) is 12.7 Å². The van der Waals surface area contributed by atoms with E-state index in [-0.39, 0.29) is 24.9 Å². The molecule has 0 aromatic carbocycles. The maximum absolute atomic E-state index is 11.5. The van der Waals surface area contributed by atoms with E-state index < -0.39 is 0 Å². The van der Waals surface area contributed by atoms with E-state index in [0.717, 1.165) is 0 Å². The van der Waals surface area contributed by atoms with Crippen LogP contribution < -0.4 is 16.4 Å². The van der Waals surface area contributed by atoms with Crippen molar-refractivity contribution >= 4 is 17.5 Å². The number of amides is 2. The topological polar surface area (TPSA) is 128 Å². The summed E-state index contributed by atoms with van der Waals surface area (Å²) in [5.74, 6) is -0.168. The van der Waals surface area contributed by atoms with Crippen LogP contribution in [-0.2, 0) is 9.59 Å². The first-order valence-electron chi connectivity index (χ1n) is 5.76. The van der Waals surface area contributed by atoms with Crippen molar-refractivity contribution in [2.24, 2.45) is 5.73 Å². The van der Waals surface area contributed by atoms with Crippen molar-refractivity contribution in [2.45, 2.75) is 0 Å². The second kappa shape index (κ2) is 6.38. The number of hydrogen-bond donors (Lipinski definition) is 3. The molecule has 2 aromatic rings. The lowest BCUT2D eigenvalue weighted by molar-refractivity contribution is -0.123. The maximum atomic E-state index is 11.5. The minimum Gasteiger partial charge on any atom is -0.346 e. The Hall–Kier alpha value is -2.81. The smallest absolute Gasteiger partial charge is 0.243 e. The number of rotatable bonds is 5. The molecule has 0 saturated carbocycles. The Bertz CT molecular complexity index is 579. The third-order valence-electron chi connectivity index (χ3n) is 2.32. The fraction of sp³-hybridized carbons (Fsp3) is 0.182. The number of carbonyl (C=O) groups is 2. The highest BCUT2D eigenvalue weighted by molar-refractivity contribution is 5.94. The van der Waals surface area contributed by atoms with E-state index in [0.29, 0.717) is 11.5 Å². The Kier molecular flexibility index (Phi) is 4.35. The molecule has 2 aromatic heterocycles. The predicted octanol–water partition coefficient (Wildman–Crippen LogP) is -1.32. The van der Waals surface area contributed by atoms with E-state index in [4.69, 9.17) is 5.73 Å². The molecular weight excluding hydrogens is 262 g/mol. The SMILES string of the molecule is NCC(=O)NCC(=O)Nc1ccc(-n2cncn2)nc1. The van der Waals surface area contributed by atoms with Gasteiger partial charge in [0.25, 0.3) is 0 Å². The van der Waals surface area contributed by atoms with Gasteiger partial charge >= 0.3 is 0 Å². The lowest BCUT2D eigenvalue weighted by Crippen LogP contribution is -2.36. The Morgan fingerprint density at radius 2 is 2.15 bits per heavy atom. The van der Waals surface area contributed by atoms with Crippen LogP contribution in [0.4, 0.5) is 5.69 Å². The third kappa shape index (κ3) is 3.59. The largest absolute Gasteiger partial charge is 0.346 e. The molecule has 0 unspecified atom stereocenters. The molecule has 2 heterocycles. The van der Waals surface area contributed by atoms with Gasteiger partial charge in [0, 0.05) is 0 Å². The quantitative estimate of drug-likeness (QED) is 0.620. The van der Waals surface area contributed by atoms with Crippen LogP contribution >= 0.6 is 0 Å². The Morgan fingerprint density at radius 3 is 2.75 bits per heavy atom. The minimum absolute atomic E-state index is 0.138. The van der Waals surface area contributed by atoms with Gasteiger partial charge in [0.05, 0.1) is 25.0 Å². The second-order valence-electron chi connectivity index (χ2n) is 3.77. The van der Waals surface area contributed by atoms with Crippen molar-refractivity contribution in [3.05, 3.63) is 31.0 Å². The molecule has 0 aliphatic heterocycles. The van der Waals surface area contributed by atoms with Crippen molar-refractivity contribution in [3.63, 3.8) is 0 Å². The van der Waals surface area contributed by atoms with E-state index >= 15 is 0 Å². The second-order valence-corrected chi connectivity index (χ2v) is 3.77. The zero-order chi connectivity index (χ0) is 14.4. The molecule has 0 radical (unpaired) electrons. The lowest BCUT2D eigenvalue weighted by atomic mass is 10.4. The first-order chi connectivity index (χ1) is 9.69. The van der Waals surface area contributed by atoms with E-state index in [1.54, 1.807) is 12.1 Å². The number of hydrogen-bond acceptors (Lipinski definition) is 6. The first-order valence-corrected chi connectivity index (χ1v) is 5.76. The Balaban J connectivity index is 1.90. The summed E-state index contributed by atoms with van der Waals surface area (Å²) in [6, 6.07) is 3.36. The average Bonchev–Trinajstić information content (AvgIpc) is 2.99. The maximum Gasteiger partial charge on any atom is 0.243 e. The van der Waals surface area contributed by atoms with E-state index in [1.165, 1.54) is 23.5 Å². The summed E-state index contributed by atoms with van der Waals surface area (Å²) < 4.78 is 1.49. The van der Waals surface area contributed by atoms with Crippen LogP contribution in [0.2, 0.25) is 0 Å². The van der Waals surface area contributed by atoms with Gasteiger partial charge in [-0.1, -0.05) is 0 Å². The van der Waals surface area contributed by atoms with Crippen molar-refractivity contribution in [1.82, 2.24) is 25.1 Å². The summed E-state index contributed by atoms with van der Waals surface area (Å²) in [6.07, 6.45) is 4.40. The highest BCUT2D eigenvalue weighted by atomic mass is 16.2. The number of anilines is 1. The summed E-state index contributed by atoms with van der Waals surface area (Å²) in [5, 5.41) is 8.89. The van der Waals surface area contributed by atoms with Crippen LogP contribution in [-0.4, -0.2) is 44.7 Å². The number of carbonyl (C=O) groups excluding carboxylic acids is 2. The molecule has 2 rings (SSSR count). The number of nitrogens with zero attached hydrogens (tertiary/aromatic N) is 4. The number of aromatic nitrogens is 4. The number of nitrogens with one attached hydrogen (secondary N) is 2. The van der Waals surface area contributed by atoms with Crippen molar-refractivity contribution in [3.8, 4) is 5.82 Å². The van der Waals surface area contributed by atoms with E-state index in [2.05, 4.69) is 25.7 Å². The zero-order valence-electron chi connectivity index (χ0n) is 10.5. The van der Waals surface area contributed by atoms with Crippen molar-refractivity contribution in [2.75, 3.05) is 18.4 Å². The van der Waals surface area contributed by atoms with Gasteiger partial charge in [-0.15, -0.1) is 0 Å². The molecule has 4 N–H and O–H groups in total. The summed E-state index contributed by atoms with van der Waals surface area (Å²) in [6.45, 7) is -0.289. The molecular formula is C11H13N7O2. The summed E-state index contributed by atoms with van der Waals surface area (Å²) in [7, 11) is 0. The van der Waals surface area contributed by atoms with Gasteiger partial charge in [-0.05, 0) is 12.1 Å². The molecule has 0 fully saturated rings. The molecule has 9 nitrogen and oxygen atoms in total. The van der Waals surface area contributed by atoms with Crippen LogP contribution in [0.5, 0.6) is 0 Å². The predicted molar refractivity (Wildman–Crippen MR) is 69.8 cm³/mol. The number of nitrogens with two attached hydrogens (primary N) is 1. The molecule has 0 atom stereocenters. The fourth-order valence-electron chi connectivity index (χ4n) is 1.38. The van der Waals surface area contributed by atoms with Crippen molar-refractivity contribution < 1.29 is 9.59 Å². The Labute approximate surface area is 114 Å². The molecule has 104 valence electrons. The summed E-state index contributed by atoms with van der Waals surface area (Å²) in [4.78, 5) is 30.4. The van der Waals surface area contributed by atoms with Gasteiger partial charge in [-0.25, -0.2) is 14.6 Å². The molecule has 0 bridgehead atoms. The fourth-order valence-corrected chi connectivity index (χ4v) is 1.38. The standard InChI is InChI=1S/C11H13N7O2/c12-3-10(19)15-5-11(20)17-8-1-2-9(14-4-8)18-7-13-6-16-18/h1-2,4,6-7H,3,5,12H2,(H,15,19)(H,17,20). The molecule has 0 saturated heterocycles. The minimum atomic E-state index is -0.389. The van der Waals surface area contributed by atoms with Crippen LogP contribution in [0.15, 0.2) is 31.0 Å². The van der Waals surface area contributed by atoms with Gasteiger partial charge in [0.15, 0.2) is 5.82 Å². The molecule has 0 aliphatic rings. The monoisotopic (exact) mass is 275 g/mol.